The maximum atomic E-state index is 4.70. The maximum absolute atomic E-state index is 4.70. The third-order valence-electron chi connectivity index (χ3n) is 1.27. The third kappa shape index (κ3) is 9.79. The number of imidazole rings is 2. The van der Waals surface area contributed by atoms with E-state index < -0.39 is 0 Å². The molecule has 0 saturated heterocycles. The fraction of sp³-hybridized carbons (Fsp3) is 0.250. The zero-order valence-electron chi connectivity index (χ0n) is 8.33. The van der Waals surface area contributed by atoms with Gasteiger partial charge in [0.05, 0.1) is 12.7 Å². The molecule has 88 valence electrons. The Balaban J connectivity index is 0.000000210. The van der Waals surface area contributed by atoms with Crippen molar-refractivity contribution >= 4 is 20.4 Å². The van der Waals surface area contributed by atoms with Crippen LogP contribution in [0.15, 0.2) is 37.4 Å². The minimum atomic E-state index is 0.569. The van der Waals surface area contributed by atoms with Crippen molar-refractivity contribution in [2.45, 2.75) is 0 Å². The summed E-state index contributed by atoms with van der Waals surface area (Å²) in [4.78, 5) is 7.57. The van der Waals surface area contributed by atoms with Crippen LogP contribution in [0.5, 0.6) is 0 Å². The molecule has 7 heteroatoms. The van der Waals surface area contributed by atoms with E-state index in [1.165, 1.54) is 0 Å². The Kier molecular flexibility index (Phi) is 9.69. The molecule has 2 aromatic heterocycles. The molecule has 0 amide bonds. The third-order valence-corrected chi connectivity index (χ3v) is 1.27. The van der Waals surface area contributed by atoms with Crippen LogP contribution in [-0.4, -0.2) is 19.1 Å². The van der Waals surface area contributed by atoms with Crippen LogP contribution in [0.3, 0.4) is 0 Å². The number of hydrogen-bond acceptors (Lipinski definition) is 2. The number of aromatic nitrogens is 4. The second-order valence-electron chi connectivity index (χ2n) is 2.50. The molecule has 0 N–H and O–H groups in total. The van der Waals surface area contributed by atoms with Gasteiger partial charge in [-0.25, -0.2) is 9.97 Å². The van der Waals surface area contributed by atoms with Gasteiger partial charge in [-0.05, 0) is 0 Å². The molecule has 0 aliphatic rings. The topological polar surface area (TPSA) is 35.6 Å². The fourth-order valence-electron chi connectivity index (χ4n) is 0.652. The fourth-order valence-corrected chi connectivity index (χ4v) is 0.652. The number of halogens is 2. The van der Waals surface area contributed by atoms with Gasteiger partial charge in [0.2, 0.25) is 0 Å². The van der Waals surface area contributed by atoms with Gasteiger partial charge in [0, 0.05) is 38.9 Å². The van der Waals surface area contributed by atoms with Crippen molar-refractivity contribution in [1.82, 2.24) is 19.1 Å². The van der Waals surface area contributed by atoms with Crippen molar-refractivity contribution in [3.63, 3.8) is 0 Å². The summed E-state index contributed by atoms with van der Waals surface area (Å²) in [7, 11) is 13.3. The summed E-state index contributed by atoms with van der Waals surface area (Å²) in [5.41, 5.74) is 0. The molecule has 2 heterocycles. The van der Waals surface area contributed by atoms with Gasteiger partial charge in [-0.1, -0.05) is 0 Å². The predicted octanol–water partition coefficient (Wildman–Crippen LogP) is 2.22. The van der Waals surface area contributed by atoms with Gasteiger partial charge in [0.1, 0.15) is 0 Å². The van der Waals surface area contributed by atoms with Gasteiger partial charge < -0.3 is 9.13 Å². The Morgan fingerprint density at radius 3 is 1.33 bits per heavy atom. The molecule has 0 unspecified atom stereocenters. The van der Waals surface area contributed by atoms with E-state index >= 15 is 0 Å². The Bertz CT molecular complexity index is 277. The van der Waals surface area contributed by atoms with Gasteiger partial charge in [-0.2, -0.15) is 0 Å². The predicted molar refractivity (Wildman–Crippen MR) is 58.1 cm³/mol. The molecule has 0 radical (unpaired) electrons. The van der Waals surface area contributed by atoms with Crippen LogP contribution in [0, 0.1) is 0 Å². The summed E-state index contributed by atoms with van der Waals surface area (Å²) in [6.07, 6.45) is 10.8. The molecular formula is C8H12Cl2N4Ni. The van der Waals surface area contributed by atoms with Gasteiger partial charge in [-0.3, -0.25) is 0 Å². The zero-order valence-corrected chi connectivity index (χ0v) is 10.8. The van der Waals surface area contributed by atoms with Crippen LogP contribution in [0.4, 0.5) is 0 Å². The van der Waals surface area contributed by atoms with E-state index in [1.807, 2.05) is 35.6 Å². The second kappa shape index (κ2) is 10.0. The van der Waals surface area contributed by atoms with E-state index in [4.69, 9.17) is 20.4 Å². The first kappa shape index (κ1) is 14.5. The van der Waals surface area contributed by atoms with Crippen molar-refractivity contribution in [3.8, 4) is 0 Å². The van der Waals surface area contributed by atoms with E-state index in [0.717, 1.165) is 0 Å². The van der Waals surface area contributed by atoms with Crippen molar-refractivity contribution in [1.29, 1.82) is 0 Å². The molecule has 0 saturated carbocycles. The normalized spacial score (nSPS) is 8.53. The van der Waals surface area contributed by atoms with Gasteiger partial charge in [0.25, 0.3) is 0 Å². The summed E-state index contributed by atoms with van der Waals surface area (Å²) < 4.78 is 3.78. The number of nitrogens with zero attached hydrogens (tertiary/aromatic N) is 4. The van der Waals surface area contributed by atoms with E-state index in [-0.39, 0.29) is 0 Å². The van der Waals surface area contributed by atoms with Crippen molar-refractivity contribution in [2.75, 3.05) is 0 Å². The van der Waals surface area contributed by atoms with E-state index in [0.29, 0.717) is 12.7 Å². The second-order valence-corrected chi connectivity index (χ2v) is 4.13. The number of aryl methyl sites for hydroxylation is 2. The van der Waals surface area contributed by atoms with E-state index in [9.17, 15) is 0 Å². The SMILES string of the molecule is Cn1ccnc1.Cn1ccnc1.[Cl][Ni][Cl]. The molecule has 0 aliphatic heterocycles. The molecular weight excluding hydrogens is 282 g/mol. The Hall–Kier alpha value is -0.506. The average molecular weight is 294 g/mol. The molecule has 0 spiro atoms. The van der Waals surface area contributed by atoms with Crippen LogP contribution in [-0.2, 0) is 26.7 Å². The van der Waals surface area contributed by atoms with Gasteiger partial charge >= 0.3 is 33.0 Å². The first-order chi connectivity index (χ1) is 7.20. The quantitative estimate of drug-likeness (QED) is 0.698. The van der Waals surface area contributed by atoms with Gasteiger partial charge in [-0.15, -0.1) is 0 Å². The molecule has 2 aromatic rings. The summed E-state index contributed by atoms with van der Waals surface area (Å²) in [6, 6.07) is 0. The van der Waals surface area contributed by atoms with Gasteiger partial charge in [0.15, 0.2) is 0 Å². The first-order valence-electron chi connectivity index (χ1n) is 3.87. The molecule has 0 bridgehead atoms. The van der Waals surface area contributed by atoms with Crippen molar-refractivity contribution in [3.05, 3.63) is 37.4 Å². The van der Waals surface area contributed by atoms with Crippen LogP contribution < -0.4 is 0 Å². The molecule has 0 atom stereocenters. The van der Waals surface area contributed by atoms with Crippen molar-refractivity contribution < 1.29 is 12.7 Å². The van der Waals surface area contributed by atoms with E-state index in [1.54, 1.807) is 25.0 Å². The summed E-state index contributed by atoms with van der Waals surface area (Å²) in [5.74, 6) is 0. The summed E-state index contributed by atoms with van der Waals surface area (Å²) in [6.45, 7) is 0. The van der Waals surface area contributed by atoms with Crippen molar-refractivity contribution in [2.24, 2.45) is 14.1 Å². The van der Waals surface area contributed by atoms with Crippen LogP contribution in [0.1, 0.15) is 0 Å². The summed E-state index contributed by atoms with van der Waals surface area (Å²) >= 11 is 0.569. The molecule has 0 fully saturated rings. The number of rotatable bonds is 0. The molecule has 15 heavy (non-hydrogen) atoms. The molecule has 0 aliphatic carbocycles. The molecule has 0 aromatic carbocycles. The first-order valence-corrected chi connectivity index (χ1v) is 6.58. The monoisotopic (exact) mass is 292 g/mol. The zero-order chi connectivity index (χ0) is 11.5. The summed E-state index contributed by atoms with van der Waals surface area (Å²) in [5, 5.41) is 0. The van der Waals surface area contributed by atoms with Crippen LogP contribution in [0.25, 0.3) is 0 Å². The van der Waals surface area contributed by atoms with Crippen LogP contribution in [0.2, 0.25) is 0 Å². The standard InChI is InChI=1S/2C4H6N2.2ClH.Ni/c2*1-6-3-2-5-4-6;;;/h2*2-4H,1H3;2*1H;/q;;;;+2/p-2. The number of hydrogen-bond donors (Lipinski definition) is 0. The minimum absolute atomic E-state index is 0.569. The average Bonchev–Trinajstić information content (AvgIpc) is 2.81. The molecule has 2 rings (SSSR count). The van der Waals surface area contributed by atoms with Crippen LogP contribution >= 0.6 is 20.4 Å². The Morgan fingerprint density at radius 2 is 1.27 bits per heavy atom. The Labute approximate surface area is 104 Å². The Morgan fingerprint density at radius 1 is 0.933 bits per heavy atom. The molecule has 4 nitrogen and oxygen atoms in total. The van der Waals surface area contributed by atoms with E-state index in [2.05, 4.69) is 9.97 Å².